The highest BCUT2D eigenvalue weighted by Crippen LogP contribution is 2.02. The van der Waals surface area contributed by atoms with Gasteiger partial charge in [-0.15, -0.1) is 0 Å². The van der Waals surface area contributed by atoms with Crippen molar-refractivity contribution in [2.75, 3.05) is 19.8 Å². The van der Waals surface area contributed by atoms with Crippen molar-refractivity contribution in [3.8, 4) is 0 Å². The zero-order chi connectivity index (χ0) is 14.3. The van der Waals surface area contributed by atoms with E-state index in [9.17, 15) is 9.90 Å². The van der Waals surface area contributed by atoms with Crippen LogP contribution in [0.1, 0.15) is 29.8 Å². The first-order valence-corrected chi connectivity index (χ1v) is 6.59. The van der Waals surface area contributed by atoms with Crippen LogP contribution in [0.3, 0.4) is 0 Å². The van der Waals surface area contributed by atoms with E-state index in [0.29, 0.717) is 18.1 Å². The molecule has 0 fully saturated rings. The first kappa shape index (κ1) is 15.7. The van der Waals surface area contributed by atoms with Gasteiger partial charge in [-0.1, -0.05) is 31.5 Å². The Morgan fingerprint density at radius 1 is 1.26 bits per heavy atom. The second-order valence-corrected chi connectivity index (χ2v) is 5.16. The van der Waals surface area contributed by atoms with E-state index < -0.39 is 6.10 Å². The molecule has 0 heterocycles. The largest absolute Gasteiger partial charge is 0.389 e. The third-order valence-electron chi connectivity index (χ3n) is 2.57. The molecule has 4 nitrogen and oxygen atoms in total. The average Bonchev–Trinajstić information content (AvgIpc) is 2.36. The number of rotatable bonds is 7. The molecular formula is C15H23NO3. The minimum Gasteiger partial charge on any atom is -0.389 e. The van der Waals surface area contributed by atoms with Crippen molar-refractivity contribution in [1.29, 1.82) is 0 Å². The maximum absolute atomic E-state index is 11.8. The summed E-state index contributed by atoms with van der Waals surface area (Å²) in [4.78, 5) is 11.8. The van der Waals surface area contributed by atoms with Gasteiger partial charge in [-0.25, -0.2) is 0 Å². The molecule has 1 atom stereocenters. The molecule has 0 spiro atoms. The molecule has 4 heteroatoms. The van der Waals surface area contributed by atoms with Crippen molar-refractivity contribution >= 4 is 5.91 Å². The fourth-order valence-corrected chi connectivity index (χ4v) is 1.52. The predicted octanol–water partition coefficient (Wildman–Crippen LogP) is 1.76. The van der Waals surface area contributed by atoms with E-state index in [0.717, 1.165) is 5.56 Å². The third kappa shape index (κ3) is 6.36. The van der Waals surface area contributed by atoms with Crippen LogP contribution in [0.2, 0.25) is 0 Å². The van der Waals surface area contributed by atoms with Crippen molar-refractivity contribution in [2.45, 2.75) is 26.9 Å². The van der Waals surface area contributed by atoms with E-state index in [4.69, 9.17) is 4.74 Å². The van der Waals surface area contributed by atoms with Gasteiger partial charge in [-0.05, 0) is 25.0 Å². The van der Waals surface area contributed by atoms with Gasteiger partial charge in [0.05, 0.1) is 12.7 Å². The van der Waals surface area contributed by atoms with Gasteiger partial charge >= 0.3 is 0 Å². The van der Waals surface area contributed by atoms with Crippen molar-refractivity contribution in [3.05, 3.63) is 35.4 Å². The standard InChI is InChI=1S/C15H23NO3/c1-11(2)9-19-10-14(17)8-16-15(18)13-6-4-12(3)5-7-13/h4-7,11,14,17H,8-10H2,1-3H3,(H,16,18). The Labute approximate surface area is 114 Å². The highest BCUT2D eigenvalue weighted by atomic mass is 16.5. The van der Waals surface area contributed by atoms with Crippen molar-refractivity contribution < 1.29 is 14.6 Å². The molecule has 0 bridgehead atoms. The van der Waals surface area contributed by atoms with Crippen LogP contribution in [0.5, 0.6) is 0 Å². The molecule has 0 aliphatic heterocycles. The number of aryl methyl sites for hydroxylation is 1. The van der Waals surface area contributed by atoms with Gasteiger partial charge in [0.1, 0.15) is 0 Å². The molecule has 0 aliphatic carbocycles. The van der Waals surface area contributed by atoms with Gasteiger partial charge in [0, 0.05) is 18.7 Å². The van der Waals surface area contributed by atoms with Gasteiger partial charge in [0.25, 0.3) is 5.91 Å². The lowest BCUT2D eigenvalue weighted by atomic mass is 10.1. The summed E-state index contributed by atoms with van der Waals surface area (Å²) >= 11 is 0. The van der Waals surface area contributed by atoms with Gasteiger partial charge in [0.2, 0.25) is 0 Å². The molecule has 0 saturated carbocycles. The zero-order valence-corrected chi connectivity index (χ0v) is 11.8. The maximum Gasteiger partial charge on any atom is 0.251 e. The number of carbonyl (C=O) groups excluding carboxylic acids is 1. The third-order valence-corrected chi connectivity index (χ3v) is 2.57. The molecule has 19 heavy (non-hydrogen) atoms. The lowest BCUT2D eigenvalue weighted by molar-refractivity contribution is 0.0259. The number of aliphatic hydroxyl groups is 1. The molecule has 1 unspecified atom stereocenters. The van der Waals surface area contributed by atoms with Crippen LogP contribution in [-0.4, -0.2) is 36.9 Å². The Morgan fingerprint density at radius 2 is 1.89 bits per heavy atom. The molecule has 0 saturated heterocycles. The summed E-state index contributed by atoms with van der Waals surface area (Å²) < 4.78 is 5.31. The SMILES string of the molecule is Cc1ccc(C(=O)NCC(O)COCC(C)C)cc1. The molecule has 2 N–H and O–H groups in total. The Bertz CT molecular complexity index is 387. The summed E-state index contributed by atoms with van der Waals surface area (Å²) in [6, 6.07) is 7.31. The van der Waals surface area contributed by atoms with E-state index >= 15 is 0 Å². The van der Waals surface area contributed by atoms with Gasteiger partial charge < -0.3 is 15.2 Å². The second kappa shape index (κ2) is 7.92. The van der Waals surface area contributed by atoms with Gasteiger partial charge in [-0.3, -0.25) is 4.79 Å². The van der Waals surface area contributed by atoms with Crippen LogP contribution in [0, 0.1) is 12.8 Å². The quantitative estimate of drug-likeness (QED) is 0.790. The van der Waals surface area contributed by atoms with Gasteiger partial charge in [0.15, 0.2) is 0 Å². The fourth-order valence-electron chi connectivity index (χ4n) is 1.52. The van der Waals surface area contributed by atoms with Crippen LogP contribution in [0.4, 0.5) is 0 Å². The smallest absolute Gasteiger partial charge is 0.251 e. The number of ether oxygens (including phenoxy) is 1. The summed E-state index contributed by atoms with van der Waals surface area (Å²) in [5, 5.41) is 12.3. The van der Waals surface area contributed by atoms with Crippen molar-refractivity contribution in [2.24, 2.45) is 5.92 Å². The number of amides is 1. The Kier molecular flexibility index (Phi) is 6.53. The summed E-state index contributed by atoms with van der Waals surface area (Å²) in [5.41, 5.74) is 1.71. The van der Waals surface area contributed by atoms with E-state index in [1.165, 1.54) is 0 Å². The van der Waals surface area contributed by atoms with Gasteiger partial charge in [-0.2, -0.15) is 0 Å². The summed E-state index contributed by atoms with van der Waals surface area (Å²) in [6.45, 7) is 7.12. The number of aliphatic hydroxyl groups excluding tert-OH is 1. The predicted molar refractivity (Wildman–Crippen MR) is 75.2 cm³/mol. The van der Waals surface area contributed by atoms with E-state index in [2.05, 4.69) is 5.32 Å². The van der Waals surface area contributed by atoms with Crippen molar-refractivity contribution in [3.63, 3.8) is 0 Å². The summed E-state index contributed by atoms with van der Waals surface area (Å²) in [7, 11) is 0. The second-order valence-electron chi connectivity index (χ2n) is 5.16. The molecule has 1 aromatic rings. The Hall–Kier alpha value is -1.39. The molecule has 1 rings (SSSR count). The lowest BCUT2D eigenvalue weighted by Gasteiger charge is -2.13. The molecule has 0 radical (unpaired) electrons. The fraction of sp³-hybridized carbons (Fsp3) is 0.533. The van der Waals surface area contributed by atoms with E-state index in [-0.39, 0.29) is 19.1 Å². The lowest BCUT2D eigenvalue weighted by Crippen LogP contribution is -2.34. The normalized spacial score (nSPS) is 12.5. The molecule has 1 amide bonds. The maximum atomic E-state index is 11.8. The number of hydrogen-bond acceptors (Lipinski definition) is 3. The molecule has 106 valence electrons. The highest BCUT2D eigenvalue weighted by Gasteiger charge is 2.09. The molecule has 1 aromatic carbocycles. The Balaban J connectivity index is 2.27. The van der Waals surface area contributed by atoms with Crippen LogP contribution in [-0.2, 0) is 4.74 Å². The van der Waals surface area contributed by atoms with E-state index in [1.54, 1.807) is 12.1 Å². The number of carbonyl (C=O) groups is 1. The van der Waals surface area contributed by atoms with Crippen LogP contribution in [0.25, 0.3) is 0 Å². The topological polar surface area (TPSA) is 58.6 Å². The van der Waals surface area contributed by atoms with Crippen molar-refractivity contribution in [1.82, 2.24) is 5.32 Å². The summed E-state index contributed by atoms with van der Waals surface area (Å²) in [5.74, 6) is 0.261. The minimum atomic E-state index is -0.673. The van der Waals surface area contributed by atoms with Crippen LogP contribution >= 0.6 is 0 Å². The number of hydrogen-bond donors (Lipinski definition) is 2. The Morgan fingerprint density at radius 3 is 2.47 bits per heavy atom. The molecule has 0 aromatic heterocycles. The van der Waals surface area contributed by atoms with Crippen LogP contribution < -0.4 is 5.32 Å². The zero-order valence-electron chi connectivity index (χ0n) is 11.8. The monoisotopic (exact) mass is 265 g/mol. The summed E-state index contributed by atoms with van der Waals surface area (Å²) in [6.07, 6.45) is -0.673. The molecule has 0 aliphatic rings. The first-order chi connectivity index (χ1) is 8.99. The minimum absolute atomic E-state index is 0.178. The molecular weight excluding hydrogens is 242 g/mol. The number of nitrogens with one attached hydrogen (secondary N) is 1. The average molecular weight is 265 g/mol. The number of benzene rings is 1. The highest BCUT2D eigenvalue weighted by molar-refractivity contribution is 5.94. The van der Waals surface area contributed by atoms with E-state index in [1.807, 2.05) is 32.9 Å². The van der Waals surface area contributed by atoms with Crippen LogP contribution in [0.15, 0.2) is 24.3 Å². The first-order valence-electron chi connectivity index (χ1n) is 6.59.